The van der Waals surface area contributed by atoms with Crippen molar-refractivity contribution in [3.05, 3.63) is 0 Å². The maximum Gasteiger partial charge on any atom is 0.326 e. The normalized spacial score (nSPS) is 16.1. The molecule has 7 heteroatoms. The lowest BCUT2D eigenvalue weighted by molar-refractivity contribution is -0.147. The van der Waals surface area contributed by atoms with E-state index in [9.17, 15) is 13.2 Å². The molecule has 0 aliphatic heterocycles. The molecule has 0 spiro atoms. The highest BCUT2D eigenvalue weighted by molar-refractivity contribution is 7.87. The van der Waals surface area contributed by atoms with Crippen molar-refractivity contribution in [1.82, 2.24) is 9.44 Å². The van der Waals surface area contributed by atoms with Crippen LogP contribution in [0.2, 0.25) is 0 Å². The van der Waals surface area contributed by atoms with E-state index in [1.54, 1.807) is 20.8 Å². The minimum absolute atomic E-state index is 0.366. The molecule has 0 aliphatic rings. The van der Waals surface area contributed by atoms with Gasteiger partial charge in [-0.15, -0.1) is 0 Å². The van der Waals surface area contributed by atoms with Crippen LogP contribution in [-0.4, -0.2) is 32.6 Å². The minimum atomic E-state index is -3.78. The lowest BCUT2D eigenvalue weighted by Gasteiger charge is -2.29. The average Bonchev–Trinajstić information content (AvgIpc) is 2.11. The largest absolute Gasteiger partial charge is 0.468 e. The Balaban J connectivity index is 5.06. The van der Waals surface area contributed by atoms with Crippen LogP contribution in [0.4, 0.5) is 0 Å². The van der Waals surface area contributed by atoms with E-state index in [0.29, 0.717) is 12.8 Å². The van der Waals surface area contributed by atoms with E-state index in [1.807, 2.05) is 6.92 Å². The first-order chi connectivity index (χ1) is 7.96. The van der Waals surface area contributed by atoms with Gasteiger partial charge in [0.15, 0.2) is 0 Å². The maximum atomic E-state index is 11.9. The molecule has 2 N–H and O–H groups in total. The molecule has 0 fully saturated rings. The van der Waals surface area contributed by atoms with E-state index >= 15 is 0 Å². The molecule has 0 saturated heterocycles. The summed E-state index contributed by atoms with van der Waals surface area (Å²) >= 11 is 0. The van der Waals surface area contributed by atoms with Gasteiger partial charge in [0.1, 0.15) is 5.54 Å². The molecule has 0 aromatic rings. The second-order valence-corrected chi connectivity index (χ2v) is 6.95. The number of rotatable bonds is 6. The van der Waals surface area contributed by atoms with E-state index in [2.05, 4.69) is 14.2 Å². The van der Waals surface area contributed by atoms with Crippen molar-refractivity contribution in [2.45, 2.75) is 58.5 Å². The molecule has 0 bridgehead atoms. The molecule has 1 unspecified atom stereocenters. The molecule has 1 atom stereocenters. The van der Waals surface area contributed by atoms with Crippen LogP contribution in [0.3, 0.4) is 0 Å². The molecular weight excluding hydrogens is 256 g/mol. The molecule has 18 heavy (non-hydrogen) atoms. The first-order valence-electron chi connectivity index (χ1n) is 5.87. The van der Waals surface area contributed by atoms with Crippen LogP contribution < -0.4 is 9.44 Å². The van der Waals surface area contributed by atoms with Crippen molar-refractivity contribution in [2.24, 2.45) is 0 Å². The molecule has 0 saturated carbocycles. The van der Waals surface area contributed by atoms with Gasteiger partial charge in [0, 0.05) is 5.54 Å². The zero-order valence-corrected chi connectivity index (χ0v) is 12.8. The summed E-state index contributed by atoms with van der Waals surface area (Å²) in [5, 5.41) is 0. The Morgan fingerprint density at radius 2 is 1.67 bits per heavy atom. The molecule has 0 heterocycles. The predicted molar refractivity (Wildman–Crippen MR) is 70.3 cm³/mol. The molecule has 108 valence electrons. The SMILES string of the molecule is CCCC(C)(NS(=O)(=O)NC(C)(C)C)C(=O)OC. The zero-order chi connectivity index (χ0) is 14.6. The van der Waals surface area contributed by atoms with Crippen LogP contribution in [0.15, 0.2) is 0 Å². The summed E-state index contributed by atoms with van der Waals surface area (Å²) in [7, 11) is -2.54. The van der Waals surface area contributed by atoms with Crippen molar-refractivity contribution in [3.63, 3.8) is 0 Å². The molecule has 0 amide bonds. The van der Waals surface area contributed by atoms with Gasteiger partial charge in [-0.1, -0.05) is 13.3 Å². The smallest absolute Gasteiger partial charge is 0.326 e. The number of esters is 1. The van der Waals surface area contributed by atoms with Crippen molar-refractivity contribution < 1.29 is 17.9 Å². The van der Waals surface area contributed by atoms with Crippen LogP contribution in [0, 0.1) is 0 Å². The third kappa shape index (κ3) is 5.79. The summed E-state index contributed by atoms with van der Waals surface area (Å²) in [6.45, 7) is 8.56. The fourth-order valence-electron chi connectivity index (χ4n) is 1.65. The monoisotopic (exact) mass is 280 g/mol. The van der Waals surface area contributed by atoms with Crippen molar-refractivity contribution in [2.75, 3.05) is 7.11 Å². The van der Waals surface area contributed by atoms with Gasteiger partial charge >= 0.3 is 5.97 Å². The second kappa shape index (κ2) is 5.99. The number of carbonyl (C=O) groups excluding carboxylic acids is 1. The highest BCUT2D eigenvalue weighted by Crippen LogP contribution is 2.16. The molecule has 6 nitrogen and oxygen atoms in total. The van der Waals surface area contributed by atoms with Crippen molar-refractivity contribution >= 4 is 16.2 Å². The van der Waals surface area contributed by atoms with Gasteiger partial charge in [-0.2, -0.15) is 17.9 Å². The minimum Gasteiger partial charge on any atom is -0.468 e. The van der Waals surface area contributed by atoms with Crippen LogP contribution >= 0.6 is 0 Å². The molecule has 0 aromatic carbocycles. The van der Waals surface area contributed by atoms with E-state index in [0.717, 1.165) is 0 Å². The molecule has 0 aromatic heterocycles. The molecular formula is C11H24N2O4S. The number of methoxy groups -OCH3 is 1. The van der Waals surface area contributed by atoms with Gasteiger partial charge in [0.2, 0.25) is 0 Å². The van der Waals surface area contributed by atoms with Gasteiger partial charge in [-0.3, -0.25) is 4.79 Å². The number of nitrogens with one attached hydrogen (secondary N) is 2. The van der Waals surface area contributed by atoms with E-state index < -0.39 is 27.3 Å². The maximum absolute atomic E-state index is 11.9. The fourth-order valence-corrected chi connectivity index (χ4v) is 3.28. The lowest BCUT2D eigenvalue weighted by atomic mass is 9.98. The lowest BCUT2D eigenvalue weighted by Crippen LogP contribution is -2.58. The van der Waals surface area contributed by atoms with Gasteiger partial charge in [-0.25, -0.2) is 0 Å². The summed E-state index contributed by atoms with van der Waals surface area (Å²) in [4.78, 5) is 11.7. The van der Waals surface area contributed by atoms with E-state index in [4.69, 9.17) is 0 Å². The summed E-state index contributed by atoms with van der Waals surface area (Å²) in [5.74, 6) is -0.594. The predicted octanol–water partition coefficient (Wildman–Crippen LogP) is 0.941. The summed E-state index contributed by atoms with van der Waals surface area (Å²) < 4.78 is 33.3. The van der Waals surface area contributed by atoms with Crippen LogP contribution in [0.5, 0.6) is 0 Å². The van der Waals surface area contributed by atoms with Crippen molar-refractivity contribution in [1.29, 1.82) is 0 Å². The van der Waals surface area contributed by atoms with E-state index in [-0.39, 0.29) is 0 Å². The molecule has 0 rings (SSSR count). The standard InChI is InChI=1S/C11H24N2O4S/c1-7-8-11(5,9(14)17-6)13-18(15,16)12-10(2,3)4/h12-13H,7-8H2,1-6H3. The quantitative estimate of drug-likeness (QED) is 0.709. The third-order valence-electron chi connectivity index (χ3n) is 2.19. The Morgan fingerprint density at radius 3 is 2.00 bits per heavy atom. The first-order valence-corrected chi connectivity index (χ1v) is 7.35. The first kappa shape index (κ1) is 17.3. The van der Waals surface area contributed by atoms with Gasteiger partial charge in [0.05, 0.1) is 7.11 Å². The Bertz CT molecular complexity index is 386. The number of ether oxygens (including phenoxy) is 1. The van der Waals surface area contributed by atoms with Crippen LogP contribution in [0.1, 0.15) is 47.5 Å². The number of hydrogen-bond donors (Lipinski definition) is 2. The van der Waals surface area contributed by atoms with E-state index in [1.165, 1.54) is 14.0 Å². The fraction of sp³-hybridized carbons (Fsp3) is 0.909. The Morgan fingerprint density at radius 1 is 1.17 bits per heavy atom. The summed E-state index contributed by atoms with van der Waals surface area (Å²) in [6.07, 6.45) is 1.02. The highest BCUT2D eigenvalue weighted by Gasteiger charge is 2.38. The Hall–Kier alpha value is -0.660. The topological polar surface area (TPSA) is 84.5 Å². The number of hydrogen-bond acceptors (Lipinski definition) is 4. The summed E-state index contributed by atoms with van der Waals surface area (Å²) in [6, 6.07) is 0. The zero-order valence-electron chi connectivity index (χ0n) is 12.0. The average molecular weight is 280 g/mol. The van der Waals surface area contributed by atoms with Gasteiger partial charge in [0.25, 0.3) is 10.2 Å². The second-order valence-electron chi connectivity index (χ2n) is 5.53. The molecule has 0 radical (unpaired) electrons. The Labute approximate surface area is 110 Å². The van der Waals surface area contributed by atoms with Crippen molar-refractivity contribution in [3.8, 4) is 0 Å². The summed E-state index contributed by atoms with van der Waals surface area (Å²) in [5.41, 5.74) is -1.87. The molecule has 0 aliphatic carbocycles. The van der Waals surface area contributed by atoms with Crippen LogP contribution in [-0.2, 0) is 19.7 Å². The number of carbonyl (C=O) groups is 1. The van der Waals surface area contributed by atoms with Gasteiger partial charge in [-0.05, 0) is 34.1 Å². The highest BCUT2D eigenvalue weighted by atomic mass is 32.2. The third-order valence-corrected chi connectivity index (χ3v) is 3.79. The van der Waals surface area contributed by atoms with Gasteiger partial charge < -0.3 is 4.74 Å². The van der Waals surface area contributed by atoms with Crippen LogP contribution in [0.25, 0.3) is 0 Å². The Kier molecular flexibility index (Phi) is 5.77.